The topological polar surface area (TPSA) is 50.8 Å². The van der Waals surface area contributed by atoms with Crippen LogP contribution in [0.25, 0.3) is 0 Å². The van der Waals surface area contributed by atoms with Gasteiger partial charge >= 0.3 is 0 Å². The Hall–Kier alpha value is -2.05. The smallest absolute Gasteiger partial charge is 0.235 e. The molecule has 3 aliphatic heterocycles. The Balaban J connectivity index is 1.06. The number of piperidine rings is 1. The predicted octanol–water partition coefficient (Wildman–Crippen LogP) is 6.81. The van der Waals surface area contributed by atoms with Crippen LogP contribution in [0.15, 0.2) is 47.7 Å². The first kappa shape index (κ1) is 25.6. The number of ether oxygens (including phenoxy) is 2. The van der Waals surface area contributed by atoms with E-state index in [9.17, 15) is 4.79 Å². The van der Waals surface area contributed by atoms with Gasteiger partial charge < -0.3 is 14.8 Å². The van der Waals surface area contributed by atoms with Crippen molar-refractivity contribution in [3.8, 4) is 11.5 Å². The van der Waals surface area contributed by atoms with E-state index in [1.54, 1.807) is 0 Å². The molecule has 2 atom stereocenters. The third-order valence-electron chi connectivity index (χ3n) is 7.62. The SMILES string of the molecule is CC(C)=C1Oc2cccc(OCCCCN3C4CCC3CC(NCc3ccc(Cl)c(Cl)c3)C4)c2C1=O. The fourth-order valence-electron chi connectivity index (χ4n) is 5.84. The van der Waals surface area contributed by atoms with Gasteiger partial charge in [-0.1, -0.05) is 35.3 Å². The molecule has 3 heterocycles. The Kier molecular flexibility index (Phi) is 7.92. The van der Waals surface area contributed by atoms with E-state index in [0.29, 0.717) is 57.6 Å². The lowest BCUT2D eigenvalue weighted by molar-refractivity contribution is 0.101. The molecule has 5 nitrogen and oxygen atoms in total. The van der Waals surface area contributed by atoms with Crippen LogP contribution in [-0.2, 0) is 6.54 Å². The maximum Gasteiger partial charge on any atom is 0.235 e. The molecular weight excluding hydrogens is 495 g/mol. The van der Waals surface area contributed by atoms with Crippen molar-refractivity contribution >= 4 is 29.0 Å². The first-order valence-electron chi connectivity index (χ1n) is 13.0. The molecule has 2 aromatic carbocycles. The van der Waals surface area contributed by atoms with Crippen LogP contribution < -0.4 is 14.8 Å². The Morgan fingerprint density at radius 2 is 1.86 bits per heavy atom. The monoisotopic (exact) mass is 528 g/mol. The summed E-state index contributed by atoms with van der Waals surface area (Å²) in [5.74, 6) is 1.57. The number of nitrogens with zero attached hydrogens (tertiary/aromatic N) is 1. The number of Topliss-reactive ketones (excluding diaryl/α,β-unsaturated/α-hetero) is 1. The molecule has 2 bridgehead atoms. The molecule has 36 heavy (non-hydrogen) atoms. The van der Waals surface area contributed by atoms with Crippen LogP contribution in [0.4, 0.5) is 0 Å². The van der Waals surface area contributed by atoms with Crippen molar-refractivity contribution in [2.45, 2.75) is 77.0 Å². The van der Waals surface area contributed by atoms with Crippen molar-refractivity contribution in [1.82, 2.24) is 10.2 Å². The first-order chi connectivity index (χ1) is 17.4. The van der Waals surface area contributed by atoms with E-state index in [-0.39, 0.29) is 5.78 Å². The molecule has 192 valence electrons. The molecule has 2 aromatic rings. The van der Waals surface area contributed by atoms with Crippen LogP contribution >= 0.6 is 23.2 Å². The van der Waals surface area contributed by atoms with Gasteiger partial charge in [0, 0.05) is 24.7 Å². The molecule has 0 saturated carbocycles. The van der Waals surface area contributed by atoms with Gasteiger partial charge in [-0.15, -0.1) is 0 Å². The van der Waals surface area contributed by atoms with Crippen molar-refractivity contribution < 1.29 is 14.3 Å². The quantitative estimate of drug-likeness (QED) is 0.286. The maximum absolute atomic E-state index is 12.7. The number of halogens is 2. The Morgan fingerprint density at radius 1 is 1.08 bits per heavy atom. The summed E-state index contributed by atoms with van der Waals surface area (Å²) in [5, 5.41) is 4.96. The zero-order valence-electron chi connectivity index (χ0n) is 21.0. The highest BCUT2D eigenvalue weighted by molar-refractivity contribution is 6.42. The van der Waals surface area contributed by atoms with Crippen molar-refractivity contribution in [2.75, 3.05) is 13.2 Å². The second kappa shape index (κ2) is 11.1. The molecule has 0 aromatic heterocycles. The number of carbonyl (C=O) groups excluding carboxylic acids is 1. The first-order valence-corrected chi connectivity index (χ1v) is 13.7. The highest BCUT2D eigenvalue weighted by atomic mass is 35.5. The number of hydrogen-bond acceptors (Lipinski definition) is 5. The number of carbonyl (C=O) groups is 1. The van der Waals surface area contributed by atoms with Crippen LogP contribution in [0.1, 0.15) is 68.3 Å². The van der Waals surface area contributed by atoms with Crippen LogP contribution in [0, 0.1) is 0 Å². The molecule has 1 N–H and O–H groups in total. The van der Waals surface area contributed by atoms with Crippen molar-refractivity contribution in [1.29, 1.82) is 0 Å². The zero-order chi connectivity index (χ0) is 25.2. The third kappa shape index (κ3) is 5.45. The van der Waals surface area contributed by atoms with Crippen LogP contribution in [0.5, 0.6) is 11.5 Å². The van der Waals surface area contributed by atoms with E-state index in [1.807, 2.05) is 50.2 Å². The maximum atomic E-state index is 12.7. The number of ketones is 1. The van der Waals surface area contributed by atoms with E-state index in [2.05, 4.69) is 10.2 Å². The molecule has 3 aliphatic rings. The molecule has 2 unspecified atom stereocenters. The standard InChI is InChI=1S/C29H34Cl2N2O3/c1-18(2)29-28(34)27-25(6-5-7-26(27)36-29)35-13-4-3-12-33-21-9-10-22(33)16-20(15-21)32-17-19-8-11-23(30)24(31)14-19/h5-8,11,14,20-22,32H,3-4,9-10,12-13,15-17H2,1-2H3. The summed E-state index contributed by atoms with van der Waals surface area (Å²) >= 11 is 12.2. The fourth-order valence-corrected chi connectivity index (χ4v) is 6.16. The molecule has 5 rings (SSSR count). The normalized spacial score (nSPS) is 23.1. The number of unbranched alkanes of at least 4 members (excludes halogenated alkanes) is 1. The molecule has 0 spiro atoms. The van der Waals surface area contributed by atoms with Gasteiger partial charge in [0.05, 0.1) is 16.7 Å². The highest BCUT2D eigenvalue weighted by Gasteiger charge is 2.40. The summed E-state index contributed by atoms with van der Waals surface area (Å²) in [5.41, 5.74) is 2.61. The molecule has 7 heteroatoms. The summed E-state index contributed by atoms with van der Waals surface area (Å²) in [4.78, 5) is 15.4. The van der Waals surface area contributed by atoms with Gasteiger partial charge in [-0.2, -0.15) is 0 Å². The van der Waals surface area contributed by atoms with Crippen LogP contribution in [0.3, 0.4) is 0 Å². The van der Waals surface area contributed by atoms with Crippen molar-refractivity contribution in [3.05, 3.63) is 68.9 Å². The number of nitrogens with one attached hydrogen (secondary N) is 1. The largest absolute Gasteiger partial charge is 0.493 e. The number of fused-ring (bicyclic) bond motifs is 3. The number of allylic oxidation sites excluding steroid dienone is 2. The average molecular weight is 530 g/mol. The van der Waals surface area contributed by atoms with E-state index >= 15 is 0 Å². The Morgan fingerprint density at radius 3 is 2.58 bits per heavy atom. The molecular formula is C29H34Cl2N2O3. The lowest BCUT2D eigenvalue weighted by Gasteiger charge is -2.39. The van der Waals surface area contributed by atoms with Crippen molar-refractivity contribution in [2.24, 2.45) is 0 Å². The highest BCUT2D eigenvalue weighted by Crippen LogP contribution is 2.39. The van der Waals surface area contributed by atoms with Crippen LogP contribution in [-0.4, -0.2) is 42.0 Å². The minimum absolute atomic E-state index is 0.0761. The number of hydrogen-bond donors (Lipinski definition) is 1. The summed E-state index contributed by atoms with van der Waals surface area (Å²) in [6.07, 6.45) is 7.02. The molecule has 2 saturated heterocycles. The summed E-state index contributed by atoms with van der Waals surface area (Å²) < 4.78 is 11.8. The molecule has 2 fully saturated rings. The van der Waals surface area contributed by atoms with Gasteiger partial charge in [0.1, 0.15) is 17.1 Å². The number of rotatable bonds is 9. The molecule has 0 aliphatic carbocycles. The van der Waals surface area contributed by atoms with Crippen molar-refractivity contribution in [3.63, 3.8) is 0 Å². The van der Waals surface area contributed by atoms with E-state index in [0.717, 1.165) is 31.5 Å². The lowest BCUT2D eigenvalue weighted by atomic mass is 9.96. The van der Waals surface area contributed by atoms with E-state index in [1.165, 1.54) is 31.2 Å². The van der Waals surface area contributed by atoms with E-state index in [4.69, 9.17) is 32.7 Å². The van der Waals surface area contributed by atoms with Gasteiger partial charge in [-0.3, -0.25) is 9.69 Å². The molecule has 0 radical (unpaired) electrons. The minimum atomic E-state index is -0.0761. The lowest BCUT2D eigenvalue weighted by Crippen LogP contribution is -2.49. The van der Waals surface area contributed by atoms with Gasteiger partial charge in [-0.25, -0.2) is 0 Å². The van der Waals surface area contributed by atoms with Gasteiger partial charge in [0.2, 0.25) is 5.78 Å². The minimum Gasteiger partial charge on any atom is -0.493 e. The summed E-state index contributed by atoms with van der Waals surface area (Å²) in [6.45, 7) is 6.31. The summed E-state index contributed by atoms with van der Waals surface area (Å²) in [7, 11) is 0. The second-order valence-electron chi connectivity index (χ2n) is 10.4. The average Bonchev–Trinajstić information content (AvgIpc) is 3.32. The predicted molar refractivity (Wildman–Crippen MR) is 144 cm³/mol. The Labute approximate surface area is 223 Å². The summed E-state index contributed by atoms with van der Waals surface area (Å²) in [6, 6.07) is 13.3. The third-order valence-corrected chi connectivity index (χ3v) is 8.36. The molecule has 0 amide bonds. The van der Waals surface area contributed by atoms with Crippen LogP contribution in [0.2, 0.25) is 10.0 Å². The van der Waals surface area contributed by atoms with Gasteiger partial charge in [-0.05, 0) is 94.3 Å². The zero-order valence-corrected chi connectivity index (χ0v) is 22.5. The van der Waals surface area contributed by atoms with Gasteiger partial charge in [0.25, 0.3) is 0 Å². The van der Waals surface area contributed by atoms with E-state index < -0.39 is 0 Å². The second-order valence-corrected chi connectivity index (χ2v) is 11.2. The number of benzene rings is 2. The Bertz CT molecular complexity index is 1150. The van der Waals surface area contributed by atoms with Gasteiger partial charge in [0.15, 0.2) is 5.76 Å². The fraction of sp³-hybridized carbons (Fsp3) is 0.483.